The van der Waals surface area contributed by atoms with Gasteiger partial charge in [0.1, 0.15) is 5.75 Å². The lowest BCUT2D eigenvalue weighted by molar-refractivity contribution is 0.412. The van der Waals surface area contributed by atoms with Gasteiger partial charge in [-0.1, -0.05) is 12.1 Å². The summed E-state index contributed by atoms with van der Waals surface area (Å²) in [7, 11) is 1.71. The van der Waals surface area contributed by atoms with Gasteiger partial charge in [0, 0.05) is 11.1 Å². The van der Waals surface area contributed by atoms with Crippen molar-refractivity contribution < 1.29 is 4.74 Å². The van der Waals surface area contributed by atoms with Crippen LogP contribution in [0.25, 0.3) is 6.08 Å². The predicted molar refractivity (Wildman–Crippen MR) is 67.6 cm³/mol. The highest BCUT2D eigenvalue weighted by Gasteiger charge is 2.22. The maximum absolute atomic E-state index is 6.15. The smallest absolute Gasteiger partial charge is 0.126 e. The minimum Gasteiger partial charge on any atom is -0.496 e. The van der Waals surface area contributed by atoms with Crippen molar-refractivity contribution in [3.63, 3.8) is 0 Å². The molecule has 2 nitrogen and oxygen atoms in total. The van der Waals surface area contributed by atoms with E-state index >= 15 is 0 Å². The normalized spacial score (nSPS) is 15.4. The number of hydrogen-bond acceptors (Lipinski definition) is 2. The van der Waals surface area contributed by atoms with Crippen LogP contribution in [0.4, 0.5) is 0 Å². The molecule has 0 saturated carbocycles. The highest BCUT2D eigenvalue weighted by molar-refractivity contribution is 5.67. The Labute approximate surface area is 97.1 Å². The number of benzene rings is 1. The van der Waals surface area contributed by atoms with E-state index in [0.717, 1.165) is 18.6 Å². The van der Waals surface area contributed by atoms with E-state index in [0.29, 0.717) is 0 Å². The van der Waals surface area contributed by atoms with E-state index in [1.54, 1.807) is 7.11 Å². The van der Waals surface area contributed by atoms with Gasteiger partial charge >= 0.3 is 0 Å². The van der Waals surface area contributed by atoms with Crippen molar-refractivity contribution in [2.45, 2.75) is 32.2 Å². The van der Waals surface area contributed by atoms with Crippen LogP contribution in [-0.4, -0.2) is 12.6 Å². The van der Waals surface area contributed by atoms with E-state index in [1.807, 2.05) is 12.1 Å². The SMILES string of the molecule is COc1cccc2c1C=C(C(C)(C)N)CC2. The Morgan fingerprint density at radius 3 is 2.62 bits per heavy atom. The second kappa shape index (κ2) is 3.95. The third-order valence-corrected chi connectivity index (χ3v) is 3.19. The quantitative estimate of drug-likeness (QED) is 0.826. The van der Waals surface area contributed by atoms with Crippen molar-refractivity contribution >= 4 is 6.08 Å². The Morgan fingerprint density at radius 1 is 1.25 bits per heavy atom. The fraction of sp³-hybridized carbons (Fsp3) is 0.429. The summed E-state index contributed by atoms with van der Waals surface area (Å²) in [5, 5.41) is 0. The van der Waals surface area contributed by atoms with Crippen molar-refractivity contribution in [1.82, 2.24) is 0 Å². The molecule has 0 aliphatic heterocycles. The second-order valence-electron chi connectivity index (χ2n) is 4.92. The molecule has 1 aromatic rings. The molecule has 1 aliphatic rings. The van der Waals surface area contributed by atoms with Crippen LogP contribution in [0.5, 0.6) is 5.75 Å². The standard InChI is InChI=1S/C14H19NO/c1-14(2,15)11-8-7-10-5-4-6-13(16-3)12(10)9-11/h4-6,9H,7-8,15H2,1-3H3. The zero-order valence-electron chi connectivity index (χ0n) is 10.2. The second-order valence-corrected chi connectivity index (χ2v) is 4.92. The average molecular weight is 217 g/mol. The highest BCUT2D eigenvalue weighted by atomic mass is 16.5. The molecule has 0 radical (unpaired) electrons. The van der Waals surface area contributed by atoms with Gasteiger partial charge < -0.3 is 10.5 Å². The Kier molecular flexibility index (Phi) is 2.76. The number of ether oxygens (including phenoxy) is 1. The van der Waals surface area contributed by atoms with Crippen LogP contribution in [0.2, 0.25) is 0 Å². The third-order valence-electron chi connectivity index (χ3n) is 3.19. The van der Waals surface area contributed by atoms with E-state index in [9.17, 15) is 0 Å². The first kappa shape index (κ1) is 11.2. The Balaban J connectivity index is 2.49. The van der Waals surface area contributed by atoms with Gasteiger partial charge in [-0.05, 0) is 50.0 Å². The molecule has 2 rings (SSSR count). The van der Waals surface area contributed by atoms with E-state index in [2.05, 4.69) is 26.0 Å². The van der Waals surface area contributed by atoms with Gasteiger partial charge in [0.05, 0.1) is 7.11 Å². The number of fused-ring (bicyclic) bond motifs is 1. The monoisotopic (exact) mass is 217 g/mol. The lowest BCUT2D eigenvalue weighted by Gasteiger charge is -2.27. The van der Waals surface area contributed by atoms with Crippen LogP contribution < -0.4 is 10.5 Å². The first-order valence-electron chi connectivity index (χ1n) is 5.68. The molecule has 2 heteroatoms. The van der Waals surface area contributed by atoms with Gasteiger partial charge in [0.15, 0.2) is 0 Å². The van der Waals surface area contributed by atoms with Crippen molar-refractivity contribution in [2.75, 3.05) is 7.11 Å². The largest absolute Gasteiger partial charge is 0.496 e. The summed E-state index contributed by atoms with van der Waals surface area (Å²) in [6.45, 7) is 4.11. The number of aryl methyl sites for hydroxylation is 1. The minimum atomic E-state index is -0.238. The van der Waals surface area contributed by atoms with Crippen LogP contribution >= 0.6 is 0 Å². The average Bonchev–Trinajstić information content (AvgIpc) is 2.26. The Hall–Kier alpha value is -1.28. The van der Waals surface area contributed by atoms with Gasteiger partial charge in [-0.15, -0.1) is 0 Å². The van der Waals surface area contributed by atoms with E-state index < -0.39 is 0 Å². The molecule has 16 heavy (non-hydrogen) atoms. The van der Waals surface area contributed by atoms with Gasteiger partial charge in [-0.3, -0.25) is 0 Å². The van der Waals surface area contributed by atoms with Gasteiger partial charge in [-0.2, -0.15) is 0 Å². The van der Waals surface area contributed by atoms with Crippen molar-refractivity contribution in [1.29, 1.82) is 0 Å². The van der Waals surface area contributed by atoms with E-state index in [4.69, 9.17) is 10.5 Å². The number of hydrogen-bond donors (Lipinski definition) is 1. The summed E-state index contributed by atoms with van der Waals surface area (Å²) < 4.78 is 5.39. The van der Waals surface area contributed by atoms with Crippen LogP contribution in [0.1, 0.15) is 31.4 Å². The summed E-state index contributed by atoms with van der Waals surface area (Å²) in [5.74, 6) is 0.943. The molecule has 1 aliphatic carbocycles. The molecular weight excluding hydrogens is 198 g/mol. The predicted octanol–water partition coefficient (Wildman–Crippen LogP) is 2.76. The lowest BCUT2D eigenvalue weighted by Crippen LogP contribution is -2.35. The topological polar surface area (TPSA) is 35.2 Å². The fourth-order valence-corrected chi connectivity index (χ4v) is 2.17. The molecule has 0 unspecified atom stereocenters. The zero-order valence-corrected chi connectivity index (χ0v) is 10.2. The number of methoxy groups -OCH3 is 1. The summed E-state index contributed by atoms with van der Waals surface area (Å²) >= 11 is 0. The molecule has 0 heterocycles. The fourth-order valence-electron chi connectivity index (χ4n) is 2.17. The maximum atomic E-state index is 6.15. The number of nitrogens with two attached hydrogens (primary N) is 1. The lowest BCUT2D eigenvalue weighted by atomic mass is 9.83. The van der Waals surface area contributed by atoms with Crippen molar-refractivity contribution in [3.8, 4) is 5.75 Å². The molecule has 0 spiro atoms. The molecule has 0 atom stereocenters. The van der Waals surface area contributed by atoms with E-state index in [1.165, 1.54) is 16.7 Å². The first-order valence-corrected chi connectivity index (χ1v) is 5.68. The molecule has 0 bridgehead atoms. The summed E-state index contributed by atoms with van der Waals surface area (Å²) in [4.78, 5) is 0. The Morgan fingerprint density at radius 2 is 2.00 bits per heavy atom. The molecular formula is C14H19NO. The van der Waals surface area contributed by atoms with Gasteiger partial charge in [-0.25, -0.2) is 0 Å². The molecule has 0 aromatic heterocycles. The van der Waals surface area contributed by atoms with E-state index in [-0.39, 0.29) is 5.54 Å². The molecule has 2 N–H and O–H groups in total. The van der Waals surface area contributed by atoms with Crippen LogP contribution in [-0.2, 0) is 6.42 Å². The highest BCUT2D eigenvalue weighted by Crippen LogP contribution is 2.34. The van der Waals surface area contributed by atoms with Crippen molar-refractivity contribution in [3.05, 3.63) is 34.9 Å². The molecule has 0 amide bonds. The van der Waals surface area contributed by atoms with Crippen LogP contribution in [0.15, 0.2) is 23.8 Å². The Bertz CT molecular complexity index is 427. The molecule has 1 aromatic carbocycles. The maximum Gasteiger partial charge on any atom is 0.126 e. The van der Waals surface area contributed by atoms with Crippen LogP contribution in [0.3, 0.4) is 0 Å². The minimum absolute atomic E-state index is 0.238. The molecule has 86 valence electrons. The van der Waals surface area contributed by atoms with Crippen molar-refractivity contribution in [2.24, 2.45) is 5.73 Å². The zero-order chi connectivity index (χ0) is 11.8. The van der Waals surface area contributed by atoms with Gasteiger partial charge in [0.2, 0.25) is 0 Å². The first-order chi connectivity index (χ1) is 7.52. The summed E-state index contributed by atoms with van der Waals surface area (Å²) in [6, 6.07) is 6.21. The van der Waals surface area contributed by atoms with Gasteiger partial charge in [0.25, 0.3) is 0 Å². The summed E-state index contributed by atoms with van der Waals surface area (Å²) in [5.41, 5.74) is 9.76. The molecule has 0 saturated heterocycles. The summed E-state index contributed by atoms with van der Waals surface area (Å²) in [6.07, 6.45) is 4.29. The van der Waals surface area contributed by atoms with Crippen LogP contribution in [0, 0.1) is 0 Å². The number of rotatable bonds is 2. The third kappa shape index (κ3) is 1.98. The molecule has 0 fully saturated rings.